The molecule has 1 aliphatic rings. The summed E-state index contributed by atoms with van der Waals surface area (Å²) < 4.78 is 36.9. The number of hydrogen-bond donors (Lipinski definition) is 1. The Balaban J connectivity index is 1.89. The molecular weight excluding hydrogens is 325 g/mol. The molecule has 1 saturated heterocycles. The van der Waals surface area contributed by atoms with Gasteiger partial charge in [0.1, 0.15) is 0 Å². The number of alkyl halides is 3. The summed E-state index contributed by atoms with van der Waals surface area (Å²) in [6, 6.07) is 5.66. The SMILES string of the molecule is CNCCC1CCN(C(=O)c2ccc(SC(F)(F)F)cc2)CC1. The minimum absolute atomic E-state index is 0.0966. The van der Waals surface area contributed by atoms with Gasteiger partial charge < -0.3 is 10.2 Å². The van der Waals surface area contributed by atoms with Crippen LogP contribution in [0.5, 0.6) is 0 Å². The number of rotatable bonds is 5. The Morgan fingerprint density at radius 2 is 1.87 bits per heavy atom. The molecule has 1 amide bonds. The summed E-state index contributed by atoms with van der Waals surface area (Å²) >= 11 is -0.166. The van der Waals surface area contributed by atoms with Crippen LogP contribution in [0.2, 0.25) is 0 Å². The lowest BCUT2D eigenvalue weighted by Crippen LogP contribution is -2.38. The summed E-state index contributed by atoms with van der Waals surface area (Å²) in [5.41, 5.74) is -3.86. The van der Waals surface area contributed by atoms with Gasteiger partial charge in [-0.15, -0.1) is 0 Å². The minimum atomic E-state index is -4.30. The smallest absolute Gasteiger partial charge is 0.339 e. The molecule has 23 heavy (non-hydrogen) atoms. The molecule has 0 aliphatic carbocycles. The monoisotopic (exact) mass is 346 g/mol. The fourth-order valence-corrected chi connectivity index (χ4v) is 3.29. The third-order valence-corrected chi connectivity index (χ3v) is 4.78. The Labute approximate surface area is 138 Å². The highest BCUT2D eigenvalue weighted by Gasteiger charge is 2.29. The van der Waals surface area contributed by atoms with Gasteiger partial charge in [0, 0.05) is 23.5 Å². The fraction of sp³-hybridized carbons (Fsp3) is 0.562. The van der Waals surface area contributed by atoms with Crippen molar-refractivity contribution in [2.75, 3.05) is 26.7 Å². The average molecular weight is 346 g/mol. The van der Waals surface area contributed by atoms with Crippen LogP contribution >= 0.6 is 11.8 Å². The first-order valence-corrected chi connectivity index (χ1v) is 8.50. The van der Waals surface area contributed by atoms with E-state index in [1.54, 1.807) is 4.90 Å². The molecule has 0 bridgehead atoms. The van der Waals surface area contributed by atoms with Crippen LogP contribution in [0.25, 0.3) is 0 Å². The third kappa shape index (κ3) is 5.73. The molecule has 0 saturated carbocycles. The van der Waals surface area contributed by atoms with Crippen LogP contribution in [0.4, 0.5) is 13.2 Å². The summed E-state index contributed by atoms with van der Waals surface area (Å²) in [4.78, 5) is 14.3. The van der Waals surface area contributed by atoms with Gasteiger partial charge >= 0.3 is 5.51 Å². The van der Waals surface area contributed by atoms with Gasteiger partial charge in [-0.3, -0.25) is 4.79 Å². The lowest BCUT2D eigenvalue weighted by atomic mass is 9.93. The Kier molecular flexibility index (Phi) is 6.35. The van der Waals surface area contributed by atoms with Crippen molar-refractivity contribution in [3.63, 3.8) is 0 Å². The molecule has 1 aromatic rings. The molecular formula is C16H21F3N2OS. The van der Waals surface area contributed by atoms with Gasteiger partial charge in [0.15, 0.2) is 0 Å². The van der Waals surface area contributed by atoms with E-state index in [2.05, 4.69) is 5.32 Å². The number of halogens is 3. The second-order valence-electron chi connectivity index (χ2n) is 5.70. The number of thioether (sulfide) groups is 1. The standard InChI is InChI=1S/C16H21F3N2OS/c1-20-9-6-12-7-10-21(11-8-12)15(22)13-2-4-14(5-3-13)23-16(17,18)19/h2-5,12,20H,6-11H2,1H3. The van der Waals surface area contributed by atoms with E-state index >= 15 is 0 Å². The Morgan fingerprint density at radius 1 is 1.26 bits per heavy atom. The zero-order chi connectivity index (χ0) is 16.9. The first kappa shape index (κ1) is 18.1. The largest absolute Gasteiger partial charge is 0.446 e. The van der Waals surface area contributed by atoms with E-state index in [1.165, 1.54) is 24.3 Å². The molecule has 0 aromatic heterocycles. The van der Waals surface area contributed by atoms with Crippen molar-refractivity contribution in [3.05, 3.63) is 29.8 Å². The number of nitrogens with zero attached hydrogens (tertiary/aromatic N) is 1. The molecule has 1 fully saturated rings. The number of benzene rings is 1. The van der Waals surface area contributed by atoms with Crippen molar-refractivity contribution < 1.29 is 18.0 Å². The predicted molar refractivity (Wildman–Crippen MR) is 85.5 cm³/mol. The van der Waals surface area contributed by atoms with E-state index in [0.717, 1.165) is 25.8 Å². The van der Waals surface area contributed by atoms with Crippen molar-refractivity contribution in [2.24, 2.45) is 5.92 Å². The summed E-state index contributed by atoms with van der Waals surface area (Å²) in [5.74, 6) is 0.540. The number of nitrogens with one attached hydrogen (secondary N) is 1. The Hall–Kier alpha value is -1.21. The summed E-state index contributed by atoms with van der Waals surface area (Å²) in [7, 11) is 1.93. The normalized spacial score (nSPS) is 16.6. The quantitative estimate of drug-likeness (QED) is 0.824. The molecule has 7 heteroatoms. The van der Waals surface area contributed by atoms with E-state index in [-0.39, 0.29) is 22.6 Å². The topological polar surface area (TPSA) is 32.3 Å². The second-order valence-corrected chi connectivity index (χ2v) is 6.84. The first-order valence-electron chi connectivity index (χ1n) is 7.69. The maximum absolute atomic E-state index is 12.4. The number of amides is 1. The minimum Gasteiger partial charge on any atom is -0.339 e. The number of carbonyl (C=O) groups excluding carboxylic acids is 1. The lowest BCUT2D eigenvalue weighted by molar-refractivity contribution is -0.0328. The molecule has 0 unspecified atom stereocenters. The van der Waals surface area contributed by atoms with Gasteiger partial charge in [-0.25, -0.2) is 0 Å². The van der Waals surface area contributed by atoms with Gasteiger partial charge in [-0.2, -0.15) is 13.2 Å². The number of carbonyl (C=O) groups is 1. The number of piperidine rings is 1. The molecule has 0 atom stereocenters. The Morgan fingerprint density at radius 3 is 2.39 bits per heavy atom. The molecule has 3 nitrogen and oxygen atoms in total. The van der Waals surface area contributed by atoms with Crippen molar-refractivity contribution in [1.29, 1.82) is 0 Å². The van der Waals surface area contributed by atoms with Crippen LogP contribution in [0.15, 0.2) is 29.2 Å². The van der Waals surface area contributed by atoms with E-state index in [1.807, 2.05) is 7.05 Å². The first-order chi connectivity index (χ1) is 10.9. The van der Waals surface area contributed by atoms with Crippen LogP contribution < -0.4 is 5.32 Å². The van der Waals surface area contributed by atoms with E-state index in [4.69, 9.17) is 0 Å². The zero-order valence-electron chi connectivity index (χ0n) is 13.0. The molecule has 1 aromatic carbocycles. The van der Waals surface area contributed by atoms with Crippen LogP contribution in [-0.2, 0) is 0 Å². The van der Waals surface area contributed by atoms with Crippen molar-refractivity contribution >= 4 is 17.7 Å². The van der Waals surface area contributed by atoms with Gasteiger partial charge in [0.25, 0.3) is 5.91 Å². The molecule has 2 rings (SSSR count). The molecule has 0 spiro atoms. The molecule has 0 radical (unpaired) electrons. The van der Waals surface area contributed by atoms with Crippen molar-refractivity contribution in [1.82, 2.24) is 10.2 Å². The fourth-order valence-electron chi connectivity index (χ4n) is 2.75. The van der Waals surface area contributed by atoms with Gasteiger partial charge in [0.2, 0.25) is 0 Å². The third-order valence-electron chi connectivity index (χ3n) is 4.04. The maximum atomic E-state index is 12.4. The molecule has 1 heterocycles. The highest BCUT2D eigenvalue weighted by atomic mass is 32.2. The number of likely N-dealkylation sites (tertiary alicyclic amines) is 1. The highest BCUT2D eigenvalue weighted by molar-refractivity contribution is 8.00. The molecule has 1 N–H and O–H groups in total. The summed E-state index contributed by atoms with van der Waals surface area (Å²) in [5, 5.41) is 3.13. The van der Waals surface area contributed by atoms with Gasteiger partial charge in [-0.1, -0.05) is 0 Å². The molecule has 128 valence electrons. The highest BCUT2D eigenvalue weighted by Crippen LogP contribution is 2.36. The van der Waals surface area contributed by atoms with E-state index in [9.17, 15) is 18.0 Å². The van der Waals surface area contributed by atoms with Gasteiger partial charge in [-0.05, 0) is 74.8 Å². The molecule has 1 aliphatic heterocycles. The average Bonchev–Trinajstić information content (AvgIpc) is 2.52. The lowest BCUT2D eigenvalue weighted by Gasteiger charge is -2.32. The second kappa shape index (κ2) is 8.06. The Bertz CT molecular complexity index is 511. The van der Waals surface area contributed by atoms with Gasteiger partial charge in [0.05, 0.1) is 0 Å². The van der Waals surface area contributed by atoms with Crippen molar-refractivity contribution in [2.45, 2.75) is 29.7 Å². The maximum Gasteiger partial charge on any atom is 0.446 e. The summed E-state index contributed by atoms with van der Waals surface area (Å²) in [6.45, 7) is 2.41. The predicted octanol–water partition coefficient (Wildman–Crippen LogP) is 3.76. The van der Waals surface area contributed by atoms with E-state index in [0.29, 0.717) is 24.6 Å². The summed E-state index contributed by atoms with van der Waals surface area (Å²) in [6.07, 6.45) is 3.08. The van der Waals surface area contributed by atoms with Crippen LogP contribution in [0.3, 0.4) is 0 Å². The van der Waals surface area contributed by atoms with E-state index < -0.39 is 5.51 Å². The zero-order valence-corrected chi connectivity index (χ0v) is 13.8. The van der Waals surface area contributed by atoms with Crippen LogP contribution in [0.1, 0.15) is 29.6 Å². The van der Waals surface area contributed by atoms with Crippen LogP contribution in [0, 0.1) is 5.92 Å². The number of hydrogen-bond acceptors (Lipinski definition) is 3. The van der Waals surface area contributed by atoms with Crippen LogP contribution in [-0.4, -0.2) is 43.0 Å². The van der Waals surface area contributed by atoms with Crippen molar-refractivity contribution in [3.8, 4) is 0 Å².